The van der Waals surface area contributed by atoms with E-state index in [0.717, 1.165) is 45.1 Å². The van der Waals surface area contributed by atoms with Gasteiger partial charge in [0.2, 0.25) is 0 Å². The molecule has 2 fully saturated rings. The van der Waals surface area contributed by atoms with Crippen LogP contribution in [0.3, 0.4) is 0 Å². The second-order valence-corrected chi connectivity index (χ2v) is 6.18. The maximum Gasteiger partial charge on any atom is 0.315 e. The van der Waals surface area contributed by atoms with E-state index in [0.29, 0.717) is 6.54 Å². The van der Waals surface area contributed by atoms with Gasteiger partial charge >= 0.3 is 12.0 Å². The lowest BCUT2D eigenvalue weighted by Crippen LogP contribution is -2.48. The molecule has 3 N–H and O–H groups in total. The van der Waals surface area contributed by atoms with Crippen molar-refractivity contribution in [3.63, 3.8) is 0 Å². The van der Waals surface area contributed by atoms with Crippen LogP contribution in [-0.4, -0.2) is 42.4 Å². The zero-order chi connectivity index (χ0) is 15.2. The van der Waals surface area contributed by atoms with Crippen LogP contribution < -0.4 is 10.6 Å². The van der Waals surface area contributed by atoms with Crippen molar-refractivity contribution >= 4 is 12.0 Å². The van der Waals surface area contributed by atoms with Gasteiger partial charge in [-0.3, -0.25) is 4.79 Å². The van der Waals surface area contributed by atoms with Gasteiger partial charge in [0.1, 0.15) is 0 Å². The first kappa shape index (κ1) is 16.1. The van der Waals surface area contributed by atoms with Crippen molar-refractivity contribution in [2.45, 2.75) is 57.6 Å². The third-order valence-electron chi connectivity index (χ3n) is 4.63. The Kier molecular flexibility index (Phi) is 5.85. The zero-order valence-corrected chi connectivity index (χ0v) is 12.6. The van der Waals surface area contributed by atoms with Crippen LogP contribution in [-0.2, 0) is 9.53 Å². The lowest BCUT2D eigenvalue weighted by atomic mass is 9.79. The molecule has 4 unspecified atom stereocenters. The van der Waals surface area contributed by atoms with Crippen molar-refractivity contribution < 1.29 is 19.4 Å². The molecule has 2 amide bonds. The minimum atomic E-state index is -0.741. The number of carboxylic acid groups (broad SMARTS) is 1. The first-order valence-corrected chi connectivity index (χ1v) is 7.96. The van der Waals surface area contributed by atoms with Gasteiger partial charge in [0.15, 0.2) is 0 Å². The molecule has 0 radical (unpaired) electrons. The van der Waals surface area contributed by atoms with Crippen LogP contribution in [0.15, 0.2) is 0 Å². The van der Waals surface area contributed by atoms with Gasteiger partial charge in [-0.15, -0.1) is 0 Å². The summed E-state index contributed by atoms with van der Waals surface area (Å²) in [5.74, 6) is -1.02. The molecule has 4 atom stereocenters. The molecule has 0 aromatic carbocycles. The van der Waals surface area contributed by atoms with E-state index in [9.17, 15) is 14.7 Å². The van der Waals surface area contributed by atoms with Gasteiger partial charge in [-0.25, -0.2) is 4.79 Å². The minimum Gasteiger partial charge on any atom is -0.481 e. The fourth-order valence-corrected chi connectivity index (χ4v) is 3.35. The fraction of sp³-hybridized carbons (Fsp3) is 0.867. The summed E-state index contributed by atoms with van der Waals surface area (Å²) in [5.41, 5.74) is 0. The first-order chi connectivity index (χ1) is 10.1. The quantitative estimate of drug-likeness (QED) is 0.721. The smallest absolute Gasteiger partial charge is 0.315 e. The number of carbonyl (C=O) groups excluding carboxylic acids is 1. The largest absolute Gasteiger partial charge is 0.481 e. The van der Waals surface area contributed by atoms with E-state index in [2.05, 4.69) is 10.6 Å². The molecule has 1 aliphatic carbocycles. The summed E-state index contributed by atoms with van der Waals surface area (Å²) in [6, 6.07) is -0.248. The average Bonchev–Trinajstić information content (AvgIpc) is 2.99. The summed E-state index contributed by atoms with van der Waals surface area (Å²) >= 11 is 0. The number of hydrogen-bond acceptors (Lipinski definition) is 3. The molecule has 2 rings (SSSR count). The molecule has 120 valence electrons. The molecular formula is C15H26N2O4. The Balaban J connectivity index is 1.73. The van der Waals surface area contributed by atoms with E-state index >= 15 is 0 Å². The van der Waals surface area contributed by atoms with Crippen LogP contribution >= 0.6 is 0 Å². The zero-order valence-electron chi connectivity index (χ0n) is 12.6. The van der Waals surface area contributed by atoms with E-state index < -0.39 is 5.97 Å². The lowest BCUT2D eigenvalue weighted by molar-refractivity contribution is -0.144. The van der Waals surface area contributed by atoms with Crippen molar-refractivity contribution in [1.29, 1.82) is 0 Å². The molecule has 1 aliphatic heterocycles. The standard InChI is InChI=1S/C15H26N2O4/c1-10(13-7-4-8-21-13)17-15(20)16-9-11-5-2-3-6-12(11)14(18)19/h10-13H,2-9H2,1H3,(H,18,19)(H2,16,17,20). The Bertz CT molecular complexity index is 369. The summed E-state index contributed by atoms with van der Waals surface area (Å²) in [7, 11) is 0. The van der Waals surface area contributed by atoms with Crippen LogP contribution in [0.2, 0.25) is 0 Å². The minimum absolute atomic E-state index is 0.0193. The Morgan fingerprint density at radius 1 is 1.24 bits per heavy atom. The predicted octanol–water partition coefficient (Wildman–Crippen LogP) is 1.74. The van der Waals surface area contributed by atoms with Gasteiger partial charge in [-0.1, -0.05) is 12.8 Å². The maximum absolute atomic E-state index is 11.9. The number of urea groups is 1. The molecule has 0 spiro atoms. The number of carboxylic acids is 1. The van der Waals surface area contributed by atoms with Crippen molar-refractivity contribution in [3.8, 4) is 0 Å². The number of carbonyl (C=O) groups is 2. The topological polar surface area (TPSA) is 87.7 Å². The van der Waals surface area contributed by atoms with Gasteiger partial charge in [0.25, 0.3) is 0 Å². The highest BCUT2D eigenvalue weighted by Crippen LogP contribution is 2.29. The summed E-state index contributed by atoms with van der Waals surface area (Å²) in [6.45, 7) is 3.14. The van der Waals surface area contributed by atoms with Crippen LogP contribution in [0.5, 0.6) is 0 Å². The number of hydrogen-bond donors (Lipinski definition) is 3. The molecule has 0 aromatic rings. The second-order valence-electron chi connectivity index (χ2n) is 6.18. The highest BCUT2D eigenvalue weighted by Gasteiger charge is 2.31. The lowest BCUT2D eigenvalue weighted by Gasteiger charge is -2.29. The molecule has 1 saturated heterocycles. The Labute approximate surface area is 125 Å². The molecule has 0 bridgehead atoms. The monoisotopic (exact) mass is 298 g/mol. The van der Waals surface area contributed by atoms with Crippen LogP contribution in [0, 0.1) is 11.8 Å². The Morgan fingerprint density at radius 2 is 2.00 bits per heavy atom. The number of rotatable bonds is 5. The molecule has 1 heterocycles. The van der Waals surface area contributed by atoms with Crippen LogP contribution in [0.25, 0.3) is 0 Å². The number of nitrogens with one attached hydrogen (secondary N) is 2. The highest BCUT2D eigenvalue weighted by atomic mass is 16.5. The summed E-state index contributed by atoms with van der Waals surface area (Å²) in [4.78, 5) is 23.1. The van der Waals surface area contributed by atoms with E-state index in [4.69, 9.17) is 4.74 Å². The maximum atomic E-state index is 11.9. The summed E-state index contributed by atoms with van der Waals surface area (Å²) in [5, 5.41) is 14.9. The molecule has 6 nitrogen and oxygen atoms in total. The SMILES string of the molecule is CC(NC(=O)NCC1CCCCC1C(=O)O)C1CCCO1. The molecular weight excluding hydrogens is 272 g/mol. The first-order valence-electron chi connectivity index (χ1n) is 7.96. The van der Waals surface area contributed by atoms with E-state index in [-0.39, 0.29) is 30.0 Å². The second kappa shape index (κ2) is 7.64. The van der Waals surface area contributed by atoms with Crippen LogP contribution in [0.1, 0.15) is 45.4 Å². The van der Waals surface area contributed by atoms with Gasteiger partial charge in [0.05, 0.1) is 18.1 Å². The van der Waals surface area contributed by atoms with Gasteiger partial charge < -0.3 is 20.5 Å². The van der Waals surface area contributed by atoms with Crippen LogP contribution in [0.4, 0.5) is 4.79 Å². The van der Waals surface area contributed by atoms with E-state index in [1.165, 1.54) is 0 Å². The average molecular weight is 298 g/mol. The predicted molar refractivity (Wildman–Crippen MR) is 78.1 cm³/mol. The summed E-state index contributed by atoms with van der Waals surface area (Å²) < 4.78 is 5.54. The molecule has 21 heavy (non-hydrogen) atoms. The van der Waals surface area contributed by atoms with Crippen molar-refractivity contribution in [2.75, 3.05) is 13.2 Å². The molecule has 1 saturated carbocycles. The fourth-order valence-electron chi connectivity index (χ4n) is 3.35. The highest BCUT2D eigenvalue weighted by molar-refractivity contribution is 5.74. The Morgan fingerprint density at radius 3 is 2.67 bits per heavy atom. The number of amides is 2. The van der Waals surface area contributed by atoms with Gasteiger partial charge in [-0.2, -0.15) is 0 Å². The molecule has 6 heteroatoms. The van der Waals surface area contributed by atoms with Crippen molar-refractivity contribution in [3.05, 3.63) is 0 Å². The third-order valence-corrected chi connectivity index (χ3v) is 4.63. The molecule has 0 aromatic heterocycles. The van der Waals surface area contributed by atoms with Crippen molar-refractivity contribution in [1.82, 2.24) is 10.6 Å². The van der Waals surface area contributed by atoms with Crippen molar-refractivity contribution in [2.24, 2.45) is 11.8 Å². The van der Waals surface area contributed by atoms with Gasteiger partial charge in [-0.05, 0) is 38.5 Å². The normalized spacial score (nSPS) is 30.6. The van der Waals surface area contributed by atoms with E-state index in [1.54, 1.807) is 0 Å². The number of aliphatic carboxylic acids is 1. The molecule has 2 aliphatic rings. The third kappa shape index (κ3) is 4.59. The van der Waals surface area contributed by atoms with Gasteiger partial charge in [0, 0.05) is 13.2 Å². The van der Waals surface area contributed by atoms with E-state index in [1.807, 2.05) is 6.92 Å². The number of ether oxygens (including phenoxy) is 1. The summed E-state index contributed by atoms with van der Waals surface area (Å²) in [6.07, 6.45) is 5.72. The Hall–Kier alpha value is -1.30.